The van der Waals surface area contributed by atoms with Gasteiger partial charge in [-0.3, -0.25) is 0 Å². The quantitative estimate of drug-likeness (QED) is 0.733. The number of halogens is 1. The Morgan fingerprint density at radius 2 is 2.19 bits per heavy atom. The number of carboxylic acid groups (broad SMARTS) is 1. The van der Waals surface area contributed by atoms with Gasteiger partial charge >= 0.3 is 5.97 Å². The van der Waals surface area contributed by atoms with Gasteiger partial charge in [-0.2, -0.15) is 0 Å². The van der Waals surface area contributed by atoms with Gasteiger partial charge in [0, 0.05) is 12.3 Å². The molecule has 0 amide bonds. The van der Waals surface area contributed by atoms with Crippen molar-refractivity contribution in [2.24, 2.45) is 16.7 Å². The molecule has 26 heavy (non-hydrogen) atoms. The Bertz CT molecular complexity index is 861. The predicted octanol–water partition coefficient (Wildman–Crippen LogP) is 4.21. The van der Waals surface area contributed by atoms with Gasteiger partial charge in [-0.15, -0.1) is 5.10 Å². The van der Waals surface area contributed by atoms with Gasteiger partial charge < -0.3 is 9.84 Å². The Balaban J connectivity index is 1.37. The first-order chi connectivity index (χ1) is 12.4. The van der Waals surface area contributed by atoms with Gasteiger partial charge in [-0.1, -0.05) is 25.4 Å². The second-order valence-electron chi connectivity index (χ2n) is 7.53. The summed E-state index contributed by atoms with van der Waals surface area (Å²) in [6.45, 7) is 5.36. The van der Waals surface area contributed by atoms with E-state index in [1.165, 1.54) is 30.0 Å². The number of pyridine rings is 1. The van der Waals surface area contributed by atoms with Crippen molar-refractivity contribution in [3.05, 3.63) is 35.1 Å². The van der Waals surface area contributed by atoms with Crippen LogP contribution in [0.3, 0.4) is 0 Å². The fourth-order valence-electron chi connectivity index (χ4n) is 4.70. The number of carbonyl (C=O) groups is 1. The summed E-state index contributed by atoms with van der Waals surface area (Å²) in [5.74, 6) is 0.652. The van der Waals surface area contributed by atoms with E-state index in [9.17, 15) is 4.79 Å². The zero-order chi connectivity index (χ0) is 18.5. The fourth-order valence-corrected chi connectivity index (χ4v) is 4.93. The first kappa shape index (κ1) is 17.3. The number of hydrogen-bond donors (Lipinski definition) is 1. The van der Waals surface area contributed by atoms with Crippen LogP contribution < -0.4 is 4.74 Å². The first-order valence-electron chi connectivity index (χ1n) is 9.00. The number of nitrogens with zero attached hydrogens (tertiary/aromatic N) is 3. The van der Waals surface area contributed by atoms with Crippen LogP contribution in [-0.4, -0.2) is 32.4 Å². The van der Waals surface area contributed by atoms with Crippen molar-refractivity contribution < 1.29 is 14.6 Å². The summed E-state index contributed by atoms with van der Waals surface area (Å²) in [6, 6.07) is 4.77. The molecular formula is C19H22ClN3O3. The SMILES string of the molecule is CCC1(C)C(CCOc2ccn(-c3ccc(C(=O)O)c(Cl)n3)n2)C12CC2. The average molecular weight is 376 g/mol. The summed E-state index contributed by atoms with van der Waals surface area (Å²) >= 11 is 5.92. The maximum absolute atomic E-state index is 11.0. The second kappa shape index (κ2) is 5.98. The van der Waals surface area contributed by atoms with Crippen molar-refractivity contribution in [2.45, 2.75) is 39.5 Å². The van der Waals surface area contributed by atoms with Crippen LogP contribution in [0.1, 0.15) is 49.9 Å². The van der Waals surface area contributed by atoms with Gasteiger partial charge in [-0.05, 0) is 54.6 Å². The van der Waals surface area contributed by atoms with E-state index in [1.54, 1.807) is 18.3 Å². The van der Waals surface area contributed by atoms with Crippen LogP contribution in [0.15, 0.2) is 24.4 Å². The van der Waals surface area contributed by atoms with Crippen molar-refractivity contribution in [3.8, 4) is 11.7 Å². The molecule has 2 unspecified atom stereocenters. The number of aromatic nitrogens is 3. The van der Waals surface area contributed by atoms with Crippen molar-refractivity contribution in [3.63, 3.8) is 0 Å². The van der Waals surface area contributed by atoms with E-state index in [1.807, 2.05) is 0 Å². The van der Waals surface area contributed by atoms with E-state index in [0.29, 0.717) is 29.1 Å². The largest absolute Gasteiger partial charge is 0.478 e. The topological polar surface area (TPSA) is 77.2 Å². The predicted molar refractivity (Wildman–Crippen MR) is 97.0 cm³/mol. The molecule has 2 fully saturated rings. The summed E-state index contributed by atoms with van der Waals surface area (Å²) in [7, 11) is 0. The summed E-state index contributed by atoms with van der Waals surface area (Å²) in [4.78, 5) is 15.1. The van der Waals surface area contributed by atoms with Crippen molar-refractivity contribution in [1.82, 2.24) is 14.8 Å². The van der Waals surface area contributed by atoms with Crippen molar-refractivity contribution in [2.75, 3.05) is 6.61 Å². The minimum atomic E-state index is -1.11. The van der Waals surface area contributed by atoms with Crippen LogP contribution in [0.5, 0.6) is 5.88 Å². The third-order valence-corrected chi connectivity index (χ3v) is 6.82. The zero-order valence-electron chi connectivity index (χ0n) is 14.9. The Morgan fingerprint density at radius 1 is 1.42 bits per heavy atom. The standard InChI is InChI=1S/C19H22ClN3O3/c1-3-18(2)13(19(18)8-9-19)7-11-26-15-6-10-23(22-15)14-5-4-12(17(24)25)16(20)21-14/h4-6,10,13H,3,7-9,11H2,1-2H3,(H,24,25). The van der Waals surface area contributed by atoms with Crippen LogP contribution >= 0.6 is 11.6 Å². The maximum atomic E-state index is 11.0. The molecule has 0 bridgehead atoms. The minimum Gasteiger partial charge on any atom is -0.478 e. The molecule has 7 heteroatoms. The minimum absolute atomic E-state index is 0.0311. The van der Waals surface area contributed by atoms with E-state index in [0.717, 1.165) is 12.3 Å². The van der Waals surface area contributed by atoms with Crippen LogP contribution in [0.25, 0.3) is 5.82 Å². The number of carboxylic acids is 1. The lowest BCUT2D eigenvalue weighted by atomic mass is 10.00. The maximum Gasteiger partial charge on any atom is 0.338 e. The lowest BCUT2D eigenvalue weighted by Crippen LogP contribution is -2.05. The zero-order valence-corrected chi connectivity index (χ0v) is 15.7. The van der Waals surface area contributed by atoms with E-state index in [-0.39, 0.29) is 10.7 Å². The third-order valence-electron chi connectivity index (χ3n) is 6.53. The van der Waals surface area contributed by atoms with Gasteiger partial charge in [0.15, 0.2) is 5.82 Å². The van der Waals surface area contributed by atoms with Gasteiger partial charge in [0.1, 0.15) is 5.15 Å². The molecule has 2 aromatic heterocycles. The molecule has 0 aromatic carbocycles. The Hall–Kier alpha value is -2.08. The number of aromatic carboxylic acids is 1. The van der Waals surface area contributed by atoms with Crippen LogP contribution in [0.2, 0.25) is 5.15 Å². The average Bonchev–Trinajstić information content (AvgIpc) is 3.43. The monoisotopic (exact) mass is 375 g/mol. The van der Waals surface area contributed by atoms with Gasteiger partial charge in [0.25, 0.3) is 0 Å². The number of hydrogen-bond acceptors (Lipinski definition) is 4. The lowest BCUT2D eigenvalue weighted by Gasteiger charge is -2.07. The molecule has 2 aliphatic rings. The Morgan fingerprint density at radius 3 is 2.77 bits per heavy atom. The molecule has 2 heterocycles. The van der Waals surface area contributed by atoms with E-state index in [2.05, 4.69) is 23.9 Å². The smallest absolute Gasteiger partial charge is 0.338 e. The van der Waals surface area contributed by atoms with Crippen LogP contribution in [0.4, 0.5) is 0 Å². The summed E-state index contributed by atoms with van der Waals surface area (Å²) < 4.78 is 7.35. The van der Waals surface area contributed by atoms with Gasteiger partial charge in [0.05, 0.1) is 12.2 Å². The summed E-state index contributed by atoms with van der Waals surface area (Å²) in [5, 5.41) is 13.3. The van der Waals surface area contributed by atoms with Gasteiger partial charge in [0.2, 0.25) is 5.88 Å². The highest BCUT2D eigenvalue weighted by Crippen LogP contribution is 2.84. The molecule has 2 saturated carbocycles. The molecule has 1 spiro atoms. The van der Waals surface area contributed by atoms with E-state index in [4.69, 9.17) is 21.4 Å². The summed E-state index contributed by atoms with van der Waals surface area (Å²) in [5.41, 5.74) is 1.08. The normalized spacial score (nSPS) is 25.3. The molecule has 2 aliphatic carbocycles. The molecule has 1 N–H and O–H groups in total. The lowest BCUT2D eigenvalue weighted by molar-refractivity contribution is 0.0696. The highest BCUT2D eigenvalue weighted by molar-refractivity contribution is 6.32. The molecule has 0 aliphatic heterocycles. The van der Waals surface area contributed by atoms with Crippen molar-refractivity contribution >= 4 is 17.6 Å². The fraction of sp³-hybridized carbons (Fsp3) is 0.526. The molecule has 138 valence electrons. The number of rotatable bonds is 7. The van der Waals surface area contributed by atoms with E-state index >= 15 is 0 Å². The molecular weight excluding hydrogens is 354 g/mol. The van der Waals surface area contributed by atoms with Gasteiger partial charge in [-0.25, -0.2) is 14.5 Å². The molecule has 2 aromatic rings. The Kier molecular flexibility index (Phi) is 3.99. The second-order valence-corrected chi connectivity index (χ2v) is 7.89. The first-order valence-corrected chi connectivity index (χ1v) is 9.38. The highest BCUT2D eigenvalue weighted by atomic mass is 35.5. The molecule has 0 radical (unpaired) electrons. The molecule has 2 atom stereocenters. The van der Waals surface area contributed by atoms with Crippen molar-refractivity contribution in [1.29, 1.82) is 0 Å². The van der Waals surface area contributed by atoms with E-state index < -0.39 is 5.97 Å². The number of ether oxygens (including phenoxy) is 1. The molecule has 0 saturated heterocycles. The van der Waals surface area contributed by atoms with Crippen LogP contribution in [0, 0.1) is 16.7 Å². The summed E-state index contributed by atoms with van der Waals surface area (Å²) in [6.07, 6.45) is 6.77. The van der Waals surface area contributed by atoms with Crippen LogP contribution in [-0.2, 0) is 0 Å². The molecule has 6 nitrogen and oxygen atoms in total. The Labute approximate surface area is 157 Å². The third kappa shape index (κ3) is 2.58. The highest BCUT2D eigenvalue weighted by Gasteiger charge is 2.77. The molecule has 4 rings (SSSR count).